The number of benzene rings is 1. The lowest BCUT2D eigenvalue weighted by molar-refractivity contribution is 0.102. The summed E-state index contributed by atoms with van der Waals surface area (Å²) in [4.78, 5) is 20.7. The fourth-order valence-corrected chi connectivity index (χ4v) is 3.32. The fourth-order valence-electron chi connectivity index (χ4n) is 2.24. The number of hydrogen-bond acceptors (Lipinski definition) is 6. The minimum Gasteiger partial charge on any atom is -0.508 e. The van der Waals surface area contributed by atoms with Crippen LogP contribution in [0.4, 0.5) is 5.82 Å². The molecule has 1 aromatic heterocycles. The zero-order valence-corrected chi connectivity index (χ0v) is 19.2. The van der Waals surface area contributed by atoms with Gasteiger partial charge in [0, 0.05) is 11.6 Å². The summed E-state index contributed by atoms with van der Waals surface area (Å²) in [6.45, 7) is 15.1. The number of aromatic nitrogens is 2. The first kappa shape index (κ1) is 22.8. The Morgan fingerprint density at radius 2 is 1.90 bits per heavy atom. The summed E-state index contributed by atoms with van der Waals surface area (Å²) >= 11 is 0. The molecular weight excluding hydrogens is 386 g/mol. The quantitative estimate of drug-likeness (QED) is 0.643. The Labute approximate surface area is 173 Å². The molecule has 158 valence electrons. The molecule has 0 aliphatic heterocycles. The highest BCUT2D eigenvalue weighted by atomic mass is 28.4. The first-order valence-corrected chi connectivity index (χ1v) is 12.5. The molecule has 1 unspecified atom stereocenters. The third-order valence-electron chi connectivity index (χ3n) is 5.00. The molecule has 7 nitrogen and oxygen atoms in total. The van der Waals surface area contributed by atoms with E-state index in [-0.39, 0.29) is 22.5 Å². The molecule has 1 aromatic carbocycles. The van der Waals surface area contributed by atoms with E-state index in [1.807, 2.05) is 13.8 Å². The number of aromatic hydroxyl groups is 1. The Kier molecular flexibility index (Phi) is 7.02. The third-order valence-corrected chi connectivity index (χ3v) is 9.50. The summed E-state index contributed by atoms with van der Waals surface area (Å²) in [6.07, 6.45) is 2.81. The maximum absolute atomic E-state index is 12.5. The molecule has 0 saturated carbocycles. The molecule has 2 rings (SSSR count). The number of nitrogens with zero attached hydrogens (tertiary/aromatic N) is 2. The molecule has 1 atom stereocenters. The van der Waals surface area contributed by atoms with Crippen molar-refractivity contribution >= 4 is 20.0 Å². The van der Waals surface area contributed by atoms with Gasteiger partial charge in [0.05, 0.1) is 24.7 Å². The number of carbonyl (C=O) groups excluding carboxylic acids is 1. The van der Waals surface area contributed by atoms with E-state index in [1.165, 1.54) is 18.3 Å². The Morgan fingerprint density at radius 3 is 2.48 bits per heavy atom. The van der Waals surface area contributed by atoms with Crippen molar-refractivity contribution in [2.45, 2.75) is 58.9 Å². The Balaban J connectivity index is 2.04. The molecule has 0 aliphatic rings. The van der Waals surface area contributed by atoms with Gasteiger partial charge in [-0.05, 0) is 44.1 Å². The zero-order chi connectivity index (χ0) is 21.8. The van der Waals surface area contributed by atoms with Crippen LogP contribution >= 0.6 is 0 Å². The molecule has 2 N–H and O–H groups in total. The summed E-state index contributed by atoms with van der Waals surface area (Å²) in [5.41, 5.74) is 1.02. The summed E-state index contributed by atoms with van der Waals surface area (Å²) in [6, 6.07) is 4.44. The van der Waals surface area contributed by atoms with Crippen LogP contribution in [-0.4, -0.2) is 42.0 Å². The molecule has 1 heterocycles. The maximum atomic E-state index is 12.5. The minimum atomic E-state index is -1.88. The highest BCUT2D eigenvalue weighted by molar-refractivity contribution is 6.74. The van der Waals surface area contributed by atoms with Gasteiger partial charge in [-0.3, -0.25) is 9.78 Å². The third kappa shape index (κ3) is 6.54. The predicted molar refractivity (Wildman–Crippen MR) is 116 cm³/mol. The number of carbonyl (C=O) groups is 1. The average molecular weight is 418 g/mol. The van der Waals surface area contributed by atoms with Crippen LogP contribution < -0.4 is 10.1 Å². The van der Waals surface area contributed by atoms with E-state index in [0.717, 1.165) is 5.69 Å². The van der Waals surface area contributed by atoms with Gasteiger partial charge in [-0.2, -0.15) is 0 Å². The molecule has 2 aromatic rings. The Hall–Kier alpha value is -2.45. The van der Waals surface area contributed by atoms with Crippen LogP contribution in [0, 0.1) is 6.92 Å². The first-order chi connectivity index (χ1) is 13.4. The number of hydrogen-bond donors (Lipinski definition) is 2. The van der Waals surface area contributed by atoms with Crippen molar-refractivity contribution in [3.63, 3.8) is 0 Å². The van der Waals surface area contributed by atoms with Crippen LogP contribution in [0.1, 0.15) is 43.7 Å². The standard InChI is InChI=1S/C21H31N3O4Si/c1-14-11-23-19(12-22-14)24-20(26)16-8-17(25)10-18(9-16)28-15(2)13-27-29(6,7)21(3,4)5/h8-12,15,25H,13H2,1-7H3,(H,23,24,26). The van der Waals surface area contributed by atoms with Crippen LogP contribution in [0.3, 0.4) is 0 Å². The second kappa shape index (κ2) is 8.92. The zero-order valence-electron chi connectivity index (χ0n) is 18.2. The normalized spacial score (nSPS) is 13.1. The lowest BCUT2D eigenvalue weighted by Crippen LogP contribution is -2.43. The van der Waals surface area contributed by atoms with E-state index in [4.69, 9.17) is 9.16 Å². The number of anilines is 1. The summed E-state index contributed by atoms with van der Waals surface area (Å²) in [7, 11) is -1.88. The number of phenolic OH excluding ortho intramolecular Hbond substituents is 1. The number of rotatable bonds is 7. The van der Waals surface area contributed by atoms with Crippen LogP contribution in [0.25, 0.3) is 0 Å². The van der Waals surface area contributed by atoms with Crippen molar-refractivity contribution in [1.82, 2.24) is 9.97 Å². The molecular formula is C21H31N3O4Si. The summed E-state index contributed by atoms with van der Waals surface area (Å²) in [5, 5.41) is 12.8. The van der Waals surface area contributed by atoms with Gasteiger partial charge in [0.2, 0.25) is 0 Å². The van der Waals surface area contributed by atoms with Crippen molar-refractivity contribution in [3.05, 3.63) is 41.9 Å². The van der Waals surface area contributed by atoms with Crippen molar-refractivity contribution in [2.24, 2.45) is 0 Å². The van der Waals surface area contributed by atoms with E-state index < -0.39 is 14.2 Å². The fraction of sp³-hybridized carbons (Fsp3) is 0.476. The maximum Gasteiger partial charge on any atom is 0.257 e. The first-order valence-electron chi connectivity index (χ1n) is 9.62. The predicted octanol–water partition coefficient (Wildman–Crippen LogP) is 4.53. The van der Waals surface area contributed by atoms with Gasteiger partial charge in [0.25, 0.3) is 5.91 Å². The molecule has 1 amide bonds. The molecule has 0 saturated heterocycles. The largest absolute Gasteiger partial charge is 0.508 e. The highest BCUT2D eigenvalue weighted by Crippen LogP contribution is 2.36. The second-order valence-electron chi connectivity index (χ2n) is 8.71. The molecule has 29 heavy (non-hydrogen) atoms. The van der Waals surface area contributed by atoms with E-state index in [2.05, 4.69) is 49.1 Å². The smallest absolute Gasteiger partial charge is 0.257 e. The summed E-state index contributed by atoms with van der Waals surface area (Å²) < 4.78 is 12.1. The molecule has 0 bridgehead atoms. The SMILES string of the molecule is Cc1cnc(NC(=O)c2cc(O)cc(OC(C)CO[Si](C)(C)C(C)(C)C)c2)cn1. The number of ether oxygens (including phenoxy) is 1. The lowest BCUT2D eigenvalue weighted by atomic mass is 10.2. The van der Waals surface area contributed by atoms with Gasteiger partial charge < -0.3 is 19.6 Å². The van der Waals surface area contributed by atoms with Crippen LogP contribution in [-0.2, 0) is 4.43 Å². The molecule has 0 spiro atoms. The Bertz CT molecular complexity index is 848. The Morgan fingerprint density at radius 1 is 1.21 bits per heavy atom. The molecule has 0 radical (unpaired) electrons. The van der Waals surface area contributed by atoms with Gasteiger partial charge in [0.1, 0.15) is 17.6 Å². The van der Waals surface area contributed by atoms with E-state index in [9.17, 15) is 9.90 Å². The minimum absolute atomic E-state index is 0.0554. The van der Waals surface area contributed by atoms with Crippen LogP contribution in [0.15, 0.2) is 30.6 Å². The number of nitrogens with one attached hydrogen (secondary N) is 1. The highest BCUT2D eigenvalue weighted by Gasteiger charge is 2.37. The van der Waals surface area contributed by atoms with Gasteiger partial charge in [-0.1, -0.05) is 20.8 Å². The van der Waals surface area contributed by atoms with E-state index in [1.54, 1.807) is 12.3 Å². The van der Waals surface area contributed by atoms with Gasteiger partial charge in [0.15, 0.2) is 14.1 Å². The number of amides is 1. The lowest BCUT2D eigenvalue weighted by Gasteiger charge is -2.36. The van der Waals surface area contributed by atoms with Gasteiger partial charge >= 0.3 is 0 Å². The average Bonchev–Trinajstić information content (AvgIpc) is 2.60. The van der Waals surface area contributed by atoms with Crippen LogP contribution in [0.5, 0.6) is 11.5 Å². The van der Waals surface area contributed by atoms with Crippen molar-refractivity contribution < 1.29 is 19.1 Å². The second-order valence-corrected chi connectivity index (χ2v) is 13.5. The molecule has 0 aliphatic carbocycles. The topological polar surface area (TPSA) is 93.6 Å². The monoisotopic (exact) mass is 417 g/mol. The van der Waals surface area contributed by atoms with E-state index >= 15 is 0 Å². The summed E-state index contributed by atoms with van der Waals surface area (Å²) in [5.74, 6) is 0.272. The molecule has 0 fully saturated rings. The number of aryl methyl sites for hydroxylation is 1. The van der Waals surface area contributed by atoms with Crippen molar-refractivity contribution in [3.8, 4) is 11.5 Å². The van der Waals surface area contributed by atoms with Gasteiger partial charge in [-0.25, -0.2) is 4.98 Å². The number of phenols is 1. The van der Waals surface area contributed by atoms with Crippen LogP contribution in [0.2, 0.25) is 18.1 Å². The van der Waals surface area contributed by atoms with Crippen molar-refractivity contribution in [2.75, 3.05) is 11.9 Å². The van der Waals surface area contributed by atoms with E-state index in [0.29, 0.717) is 18.2 Å². The van der Waals surface area contributed by atoms with Crippen molar-refractivity contribution in [1.29, 1.82) is 0 Å². The molecule has 8 heteroatoms. The van der Waals surface area contributed by atoms with Gasteiger partial charge in [-0.15, -0.1) is 0 Å².